The van der Waals surface area contributed by atoms with Gasteiger partial charge in [0.2, 0.25) is 0 Å². The van der Waals surface area contributed by atoms with Crippen molar-refractivity contribution in [3.63, 3.8) is 0 Å². The highest BCUT2D eigenvalue weighted by Crippen LogP contribution is 2.63. The SMILES string of the molecule is CCC/C=C/C=C/C(=O)O[C@@H]1C=C2COC(=O)[C@]2(O)[C@@]2(C)CCCC(C)(C)[C@H]12. The normalized spacial score (nSPS) is 36.8. The van der Waals surface area contributed by atoms with Crippen molar-refractivity contribution in [2.24, 2.45) is 16.7 Å². The molecular weight excluding hydrogens is 356 g/mol. The molecule has 0 spiro atoms. The molecule has 0 amide bonds. The van der Waals surface area contributed by atoms with E-state index < -0.39 is 29.1 Å². The van der Waals surface area contributed by atoms with Crippen LogP contribution in [0, 0.1) is 16.7 Å². The van der Waals surface area contributed by atoms with E-state index >= 15 is 0 Å². The van der Waals surface area contributed by atoms with Gasteiger partial charge in [0.25, 0.3) is 0 Å². The molecule has 2 fully saturated rings. The summed E-state index contributed by atoms with van der Waals surface area (Å²) in [7, 11) is 0. The summed E-state index contributed by atoms with van der Waals surface area (Å²) in [6.45, 7) is 8.36. The number of ether oxygens (including phenoxy) is 2. The predicted molar refractivity (Wildman–Crippen MR) is 106 cm³/mol. The van der Waals surface area contributed by atoms with Crippen LogP contribution in [0.3, 0.4) is 0 Å². The summed E-state index contributed by atoms with van der Waals surface area (Å²) in [5, 5.41) is 11.4. The third kappa shape index (κ3) is 3.24. The van der Waals surface area contributed by atoms with Crippen LogP contribution in [-0.4, -0.2) is 35.4 Å². The van der Waals surface area contributed by atoms with Gasteiger partial charge in [0, 0.05) is 23.0 Å². The second-order valence-corrected chi connectivity index (χ2v) is 9.19. The van der Waals surface area contributed by atoms with Crippen LogP contribution >= 0.6 is 0 Å². The molecule has 5 nitrogen and oxygen atoms in total. The van der Waals surface area contributed by atoms with Crippen molar-refractivity contribution in [1.29, 1.82) is 0 Å². The van der Waals surface area contributed by atoms with Gasteiger partial charge in [-0.15, -0.1) is 0 Å². The molecule has 0 bridgehead atoms. The fraction of sp³-hybridized carbons (Fsp3) is 0.652. The first-order chi connectivity index (χ1) is 13.2. The van der Waals surface area contributed by atoms with Crippen molar-refractivity contribution in [3.8, 4) is 0 Å². The van der Waals surface area contributed by atoms with E-state index in [9.17, 15) is 14.7 Å². The Balaban J connectivity index is 1.91. The summed E-state index contributed by atoms with van der Waals surface area (Å²) in [6.07, 6.45) is 12.8. The van der Waals surface area contributed by atoms with Crippen molar-refractivity contribution < 1.29 is 24.2 Å². The largest absolute Gasteiger partial charge is 0.459 e. The highest BCUT2D eigenvalue weighted by atomic mass is 16.6. The molecule has 0 aromatic carbocycles. The van der Waals surface area contributed by atoms with Crippen molar-refractivity contribution in [2.75, 3.05) is 6.61 Å². The topological polar surface area (TPSA) is 72.8 Å². The van der Waals surface area contributed by atoms with Crippen LogP contribution in [-0.2, 0) is 19.1 Å². The van der Waals surface area contributed by atoms with Crippen LogP contribution in [0.1, 0.15) is 59.8 Å². The van der Waals surface area contributed by atoms with Crippen molar-refractivity contribution in [2.45, 2.75) is 71.5 Å². The lowest BCUT2D eigenvalue weighted by Crippen LogP contribution is -2.65. The number of hydrogen-bond acceptors (Lipinski definition) is 5. The minimum atomic E-state index is -1.63. The molecule has 2 aliphatic carbocycles. The van der Waals surface area contributed by atoms with E-state index in [1.54, 1.807) is 12.2 Å². The molecule has 4 atom stereocenters. The first-order valence-corrected chi connectivity index (χ1v) is 10.3. The van der Waals surface area contributed by atoms with Gasteiger partial charge in [-0.25, -0.2) is 9.59 Å². The van der Waals surface area contributed by atoms with Gasteiger partial charge in [0.1, 0.15) is 12.7 Å². The Morgan fingerprint density at radius 1 is 1.32 bits per heavy atom. The maximum absolute atomic E-state index is 12.5. The van der Waals surface area contributed by atoms with Gasteiger partial charge >= 0.3 is 11.9 Å². The number of esters is 2. The molecule has 5 heteroatoms. The zero-order valence-electron chi connectivity index (χ0n) is 17.4. The fourth-order valence-electron chi connectivity index (χ4n) is 5.60. The molecule has 1 saturated carbocycles. The van der Waals surface area contributed by atoms with E-state index in [0.29, 0.717) is 12.0 Å². The van der Waals surface area contributed by atoms with Crippen LogP contribution in [0.2, 0.25) is 0 Å². The molecule has 0 radical (unpaired) electrons. The van der Waals surface area contributed by atoms with Crippen LogP contribution < -0.4 is 0 Å². The zero-order valence-corrected chi connectivity index (χ0v) is 17.4. The summed E-state index contributed by atoms with van der Waals surface area (Å²) in [4.78, 5) is 25.0. The lowest BCUT2D eigenvalue weighted by atomic mass is 9.46. The Morgan fingerprint density at radius 3 is 2.79 bits per heavy atom. The van der Waals surface area contributed by atoms with Crippen molar-refractivity contribution in [3.05, 3.63) is 36.0 Å². The summed E-state index contributed by atoms with van der Waals surface area (Å²) in [6, 6.07) is 0. The van der Waals surface area contributed by atoms with Gasteiger partial charge in [-0.3, -0.25) is 0 Å². The third-order valence-corrected chi connectivity index (χ3v) is 6.87. The van der Waals surface area contributed by atoms with Crippen molar-refractivity contribution in [1.82, 2.24) is 0 Å². The number of fused-ring (bicyclic) bond motifs is 3. The minimum Gasteiger partial charge on any atom is -0.459 e. The van der Waals surface area contributed by atoms with Crippen molar-refractivity contribution >= 4 is 11.9 Å². The summed E-state index contributed by atoms with van der Waals surface area (Å²) in [5.74, 6) is -1.17. The van der Waals surface area contributed by atoms with Gasteiger partial charge in [-0.2, -0.15) is 0 Å². The molecule has 1 N–H and O–H groups in total. The third-order valence-electron chi connectivity index (χ3n) is 6.87. The number of carbonyl (C=O) groups is 2. The Morgan fingerprint density at radius 2 is 2.07 bits per heavy atom. The van der Waals surface area contributed by atoms with E-state index in [4.69, 9.17) is 9.47 Å². The number of cyclic esters (lactones) is 1. The van der Waals surface area contributed by atoms with E-state index in [2.05, 4.69) is 20.8 Å². The lowest BCUT2D eigenvalue weighted by molar-refractivity contribution is -0.194. The molecular formula is C23H32O5. The Labute approximate surface area is 167 Å². The molecule has 1 aliphatic heterocycles. The number of hydrogen-bond donors (Lipinski definition) is 1. The molecule has 154 valence electrons. The Hall–Kier alpha value is -1.88. The second kappa shape index (κ2) is 7.51. The summed E-state index contributed by atoms with van der Waals surface area (Å²) >= 11 is 0. The average Bonchev–Trinajstić information content (AvgIpc) is 2.90. The summed E-state index contributed by atoms with van der Waals surface area (Å²) < 4.78 is 11.1. The van der Waals surface area contributed by atoms with Gasteiger partial charge in [0.15, 0.2) is 5.60 Å². The predicted octanol–water partition coefficient (Wildman–Crippen LogP) is 3.87. The first-order valence-electron chi connectivity index (χ1n) is 10.3. The van der Waals surface area contributed by atoms with Crippen LogP contribution in [0.15, 0.2) is 36.0 Å². The smallest absolute Gasteiger partial charge is 0.343 e. The Kier molecular flexibility index (Phi) is 5.59. The van der Waals surface area contributed by atoms with Crippen LogP contribution in [0.4, 0.5) is 0 Å². The van der Waals surface area contributed by atoms with Crippen LogP contribution in [0.25, 0.3) is 0 Å². The number of aliphatic hydroxyl groups is 1. The van der Waals surface area contributed by atoms with Gasteiger partial charge in [0.05, 0.1) is 0 Å². The monoisotopic (exact) mass is 388 g/mol. The minimum absolute atomic E-state index is 0.0573. The lowest BCUT2D eigenvalue weighted by Gasteiger charge is -2.59. The quantitative estimate of drug-likeness (QED) is 0.335. The molecule has 0 aromatic heterocycles. The highest BCUT2D eigenvalue weighted by molar-refractivity contribution is 5.88. The van der Waals surface area contributed by atoms with Gasteiger partial charge < -0.3 is 14.6 Å². The highest BCUT2D eigenvalue weighted by Gasteiger charge is 2.69. The molecule has 28 heavy (non-hydrogen) atoms. The number of rotatable bonds is 5. The van der Waals surface area contributed by atoms with E-state index in [1.807, 2.05) is 19.1 Å². The van der Waals surface area contributed by atoms with Crippen LogP contribution in [0.5, 0.6) is 0 Å². The molecule has 3 rings (SSSR count). The number of carbonyl (C=O) groups excluding carboxylic acids is 2. The first kappa shape index (κ1) is 20.8. The second-order valence-electron chi connectivity index (χ2n) is 9.19. The summed E-state index contributed by atoms with van der Waals surface area (Å²) in [5.41, 5.74) is -2.03. The van der Waals surface area contributed by atoms with E-state index in [-0.39, 0.29) is 17.9 Å². The van der Waals surface area contributed by atoms with Gasteiger partial charge in [-0.1, -0.05) is 58.8 Å². The van der Waals surface area contributed by atoms with E-state index in [1.165, 1.54) is 6.08 Å². The zero-order chi connectivity index (χ0) is 20.6. The molecule has 1 heterocycles. The number of unbranched alkanes of at least 4 members (excludes halogenated alkanes) is 1. The molecule has 0 aromatic rings. The maximum atomic E-state index is 12.5. The molecule has 0 unspecified atom stereocenters. The standard InChI is InChI=1S/C23H32O5/c1-5-6-7-8-9-11-18(24)28-17-14-16-15-27-20(25)23(16,26)22(4)13-10-12-21(2,3)19(17)22/h7-9,11,14,17,19,26H,5-6,10,12-13,15H2,1-4H3/b8-7+,11-9+/t17-,19+,22+,23+/m1/s1. The fourth-order valence-corrected chi connectivity index (χ4v) is 5.60. The molecule has 1 saturated heterocycles. The number of allylic oxidation sites excluding steroid dienone is 3. The van der Waals surface area contributed by atoms with E-state index in [0.717, 1.165) is 25.7 Å². The van der Waals surface area contributed by atoms with Gasteiger partial charge in [-0.05, 0) is 30.8 Å². The average molecular weight is 389 g/mol. The molecule has 3 aliphatic rings. The maximum Gasteiger partial charge on any atom is 0.343 e. The Bertz CT molecular complexity index is 731.